The summed E-state index contributed by atoms with van der Waals surface area (Å²) in [6.07, 6.45) is 3.09. The average Bonchev–Trinajstić information content (AvgIpc) is 2.64. The van der Waals surface area contributed by atoms with Crippen LogP contribution in [0, 0.1) is 0 Å². The van der Waals surface area contributed by atoms with Crippen molar-refractivity contribution in [3.63, 3.8) is 0 Å². The summed E-state index contributed by atoms with van der Waals surface area (Å²) < 4.78 is 11.5. The highest BCUT2D eigenvalue weighted by Gasteiger charge is 2.14. The van der Waals surface area contributed by atoms with E-state index in [2.05, 4.69) is 24.6 Å². The molecule has 1 unspecified atom stereocenters. The van der Waals surface area contributed by atoms with Gasteiger partial charge in [-0.05, 0) is 12.3 Å². The molecule has 2 rings (SSSR count). The fourth-order valence-corrected chi connectivity index (χ4v) is 2.17. The molecule has 18 heavy (non-hydrogen) atoms. The summed E-state index contributed by atoms with van der Waals surface area (Å²) >= 11 is 1.87. The Morgan fingerprint density at radius 2 is 2.17 bits per heavy atom. The van der Waals surface area contributed by atoms with E-state index in [0.717, 1.165) is 44.2 Å². The molecule has 1 heterocycles. The van der Waals surface area contributed by atoms with E-state index < -0.39 is 0 Å². The highest BCUT2D eigenvalue weighted by molar-refractivity contribution is 7.99. The normalized spacial score (nSPS) is 16.1. The van der Waals surface area contributed by atoms with Gasteiger partial charge in [-0.3, -0.25) is 0 Å². The number of rotatable bonds is 5. The van der Waals surface area contributed by atoms with E-state index >= 15 is 0 Å². The molecule has 4 heteroatoms. The van der Waals surface area contributed by atoms with E-state index in [4.69, 9.17) is 9.47 Å². The zero-order chi connectivity index (χ0) is 12.8. The number of ether oxygens (including phenoxy) is 2. The van der Waals surface area contributed by atoms with Gasteiger partial charge >= 0.3 is 0 Å². The van der Waals surface area contributed by atoms with Crippen LogP contribution in [-0.2, 0) is 6.54 Å². The summed E-state index contributed by atoms with van der Waals surface area (Å²) in [6, 6.07) is 6.11. The van der Waals surface area contributed by atoms with Crippen molar-refractivity contribution in [2.45, 2.75) is 25.1 Å². The molecule has 1 N–H and O–H groups in total. The monoisotopic (exact) mass is 267 g/mol. The molecule has 0 spiro atoms. The summed E-state index contributed by atoms with van der Waals surface area (Å²) in [7, 11) is 0. The molecule has 0 amide bonds. The van der Waals surface area contributed by atoms with Crippen LogP contribution < -0.4 is 14.8 Å². The van der Waals surface area contributed by atoms with Crippen LogP contribution in [0.3, 0.4) is 0 Å². The Morgan fingerprint density at radius 1 is 1.33 bits per heavy atom. The van der Waals surface area contributed by atoms with E-state index in [1.165, 1.54) is 5.56 Å². The van der Waals surface area contributed by atoms with Gasteiger partial charge in [0.25, 0.3) is 0 Å². The van der Waals surface area contributed by atoms with Crippen molar-refractivity contribution in [1.29, 1.82) is 0 Å². The predicted octanol–water partition coefficient (Wildman–Crippen LogP) is 2.69. The molecule has 0 radical (unpaired) electrons. The summed E-state index contributed by atoms with van der Waals surface area (Å²) in [6.45, 7) is 5.55. The number of thioether (sulfide) groups is 1. The number of fused-ring (bicyclic) bond motifs is 1. The lowest BCUT2D eigenvalue weighted by Crippen LogP contribution is -2.22. The molecule has 100 valence electrons. The van der Waals surface area contributed by atoms with Gasteiger partial charge in [0.1, 0.15) is 0 Å². The maximum Gasteiger partial charge on any atom is 0.165 e. The second kappa shape index (κ2) is 6.90. The second-order valence-corrected chi connectivity index (χ2v) is 5.75. The van der Waals surface area contributed by atoms with Crippen LogP contribution in [0.25, 0.3) is 0 Å². The molecule has 0 fully saturated rings. The Hall–Kier alpha value is -0.870. The van der Waals surface area contributed by atoms with Gasteiger partial charge < -0.3 is 14.8 Å². The highest BCUT2D eigenvalue weighted by atomic mass is 32.2. The molecule has 1 aliphatic rings. The first kappa shape index (κ1) is 13.6. The van der Waals surface area contributed by atoms with Gasteiger partial charge in [-0.2, -0.15) is 11.8 Å². The minimum absolute atomic E-state index is 0.629. The molecular weight excluding hydrogens is 246 g/mol. The molecule has 1 aromatic rings. The van der Waals surface area contributed by atoms with Gasteiger partial charge in [-0.25, -0.2) is 0 Å². The minimum Gasteiger partial charge on any atom is -0.490 e. The molecule has 3 nitrogen and oxygen atoms in total. The molecule has 0 saturated heterocycles. The molecular formula is C14H21NO2S. The van der Waals surface area contributed by atoms with E-state index in [-0.39, 0.29) is 0 Å². The smallest absolute Gasteiger partial charge is 0.165 e. The number of hydrogen-bond acceptors (Lipinski definition) is 4. The Bertz CT molecular complexity index is 384. The van der Waals surface area contributed by atoms with Crippen LogP contribution in [0.1, 0.15) is 18.9 Å². The van der Waals surface area contributed by atoms with Crippen LogP contribution in [0.5, 0.6) is 11.5 Å². The zero-order valence-corrected chi connectivity index (χ0v) is 11.9. The predicted molar refractivity (Wildman–Crippen MR) is 76.7 cm³/mol. The topological polar surface area (TPSA) is 30.5 Å². The Labute approximate surface area is 113 Å². The molecule has 1 aromatic carbocycles. The van der Waals surface area contributed by atoms with Crippen molar-refractivity contribution >= 4 is 11.8 Å². The standard InChI is InChI=1S/C14H21NO2S/c1-11(18-2)9-15-10-12-5-3-6-13-14(12)17-8-4-7-16-13/h3,5-6,11,15H,4,7-10H2,1-2H3. The summed E-state index contributed by atoms with van der Waals surface area (Å²) in [5.74, 6) is 1.80. The Kier molecular flexibility index (Phi) is 5.20. The second-order valence-electron chi connectivity index (χ2n) is 4.47. The lowest BCUT2D eigenvalue weighted by molar-refractivity contribution is 0.296. The van der Waals surface area contributed by atoms with Gasteiger partial charge in [-0.1, -0.05) is 19.1 Å². The number of nitrogens with one attached hydrogen (secondary N) is 1. The van der Waals surface area contributed by atoms with Gasteiger partial charge in [0.2, 0.25) is 0 Å². The molecule has 0 aliphatic carbocycles. The third-order valence-corrected chi connectivity index (χ3v) is 3.97. The van der Waals surface area contributed by atoms with Crippen LogP contribution in [0.2, 0.25) is 0 Å². The van der Waals surface area contributed by atoms with E-state index in [1.807, 2.05) is 23.9 Å². The third-order valence-electron chi connectivity index (χ3n) is 3.00. The van der Waals surface area contributed by atoms with Crippen LogP contribution in [0.4, 0.5) is 0 Å². The van der Waals surface area contributed by atoms with Gasteiger partial charge in [0.15, 0.2) is 11.5 Å². The largest absolute Gasteiger partial charge is 0.490 e. The zero-order valence-electron chi connectivity index (χ0n) is 11.1. The van der Waals surface area contributed by atoms with Crippen molar-refractivity contribution in [3.8, 4) is 11.5 Å². The number of para-hydroxylation sites is 1. The lowest BCUT2D eigenvalue weighted by Gasteiger charge is -2.14. The fraction of sp³-hybridized carbons (Fsp3) is 0.571. The fourth-order valence-electron chi connectivity index (χ4n) is 1.89. The van der Waals surface area contributed by atoms with Crippen LogP contribution >= 0.6 is 11.8 Å². The van der Waals surface area contributed by atoms with Gasteiger partial charge in [0, 0.05) is 30.3 Å². The third kappa shape index (κ3) is 3.56. The Balaban J connectivity index is 1.99. The first-order valence-electron chi connectivity index (χ1n) is 6.42. The SMILES string of the molecule is CSC(C)CNCc1cccc2c1OCCCO2. The van der Waals surface area contributed by atoms with Crippen molar-refractivity contribution in [2.24, 2.45) is 0 Å². The summed E-state index contributed by atoms with van der Waals surface area (Å²) in [5.41, 5.74) is 1.18. The maximum atomic E-state index is 5.79. The molecule has 0 bridgehead atoms. The van der Waals surface area contributed by atoms with Crippen molar-refractivity contribution in [2.75, 3.05) is 26.0 Å². The average molecular weight is 267 g/mol. The van der Waals surface area contributed by atoms with Crippen molar-refractivity contribution in [3.05, 3.63) is 23.8 Å². The van der Waals surface area contributed by atoms with Gasteiger partial charge in [0.05, 0.1) is 13.2 Å². The maximum absolute atomic E-state index is 5.79. The molecule has 0 saturated carbocycles. The summed E-state index contributed by atoms with van der Waals surface area (Å²) in [5, 5.41) is 4.10. The first-order chi connectivity index (χ1) is 8.81. The van der Waals surface area contributed by atoms with Gasteiger partial charge in [-0.15, -0.1) is 0 Å². The highest BCUT2D eigenvalue weighted by Crippen LogP contribution is 2.33. The Morgan fingerprint density at radius 3 is 3.00 bits per heavy atom. The quantitative estimate of drug-likeness (QED) is 0.888. The van der Waals surface area contributed by atoms with Crippen LogP contribution in [0.15, 0.2) is 18.2 Å². The molecule has 1 atom stereocenters. The van der Waals surface area contributed by atoms with E-state index in [0.29, 0.717) is 5.25 Å². The van der Waals surface area contributed by atoms with E-state index in [1.54, 1.807) is 0 Å². The minimum atomic E-state index is 0.629. The summed E-state index contributed by atoms with van der Waals surface area (Å²) in [4.78, 5) is 0. The number of hydrogen-bond donors (Lipinski definition) is 1. The molecule has 1 aliphatic heterocycles. The van der Waals surface area contributed by atoms with Crippen molar-refractivity contribution in [1.82, 2.24) is 5.32 Å². The van der Waals surface area contributed by atoms with Crippen LogP contribution in [-0.4, -0.2) is 31.3 Å². The van der Waals surface area contributed by atoms with E-state index in [9.17, 15) is 0 Å². The number of benzene rings is 1. The first-order valence-corrected chi connectivity index (χ1v) is 7.71. The molecule has 0 aromatic heterocycles. The van der Waals surface area contributed by atoms with Crippen molar-refractivity contribution < 1.29 is 9.47 Å². The lowest BCUT2D eigenvalue weighted by atomic mass is 10.2.